The molecule has 2 aromatic rings. The van der Waals surface area contributed by atoms with Gasteiger partial charge in [-0.3, -0.25) is 14.9 Å². The van der Waals surface area contributed by atoms with Gasteiger partial charge in [-0.05, 0) is 24.6 Å². The number of nitrogens with zero attached hydrogens (tertiary/aromatic N) is 1. The summed E-state index contributed by atoms with van der Waals surface area (Å²) in [7, 11) is 0. The van der Waals surface area contributed by atoms with Crippen LogP contribution in [0.25, 0.3) is 0 Å². The van der Waals surface area contributed by atoms with E-state index < -0.39 is 23.0 Å². The van der Waals surface area contributed by atoms with Gasteiger partial charge in [-0.2, -0.15) is 0 Å². The Morgan fingerprint density at radius 1 is 1.14 bits per heavy atom. The second kappa shape index (κ2) is 6.82. The van der Waals surface area contributed by atoms with Crippen LogP contribution in [0.5, 0.6) is 0 Å². The van der Waals surface area contributed by atoms with Crippen molar-refractivity contribution in [3.05, 3.63) is 75.8 Å². The van der Waals surface area contributed by atoms with Crippen molar-refractivity contribution in [3.8, 4) is 0 Å². The van der Waals surface area contributed by atoms with Crippen LogP contribution in [-0.4, -0.2) is 22.0 Å². The van der Waals surface area contributed by atoms with Crippen molar-refractivity contribution >= 4 is 11.6 Å². The SMILES string of the molecule is C[C@H](NC(=O)c1ccc([N+](=O)[O-])cc1)[C@@H](O)c1ccccc1. The molecule has 0 spiro atoms. The lowest BCUT2D eigenvalue weighted by molar-refractivity contribution is -0.384. The third-order valence-corrected chi connectivity index (χ3v) is 3.31. The summed E-state index contributed by atoms with van der Waals surface area (Å²) in [4.78, 5) is 22.1. The van der Waals surface area contributed by atoms with Crippen molar-refractivity contribution in [1.82, 2.24) is 5.32 Å². The van der Waals surface area contributed by atoms with Crippen LogP contribution in [0.1, 0.15) is 28.9 Å². The summed E-state index contributed by atoms with van der Waals surface area (Å²) in [5.41, 5.74) is 0.936. The third kappa shape index (κ3) is 3.67. The van der Waals surface area contributed by atoms with E-state index >= 15 is 0 Å². The Kier molecular flexibility index (Phi) is 4.85. The number of benzene rings is 2. The zero-order chi connectivity index (χ0) is 16.1. The Balaban J connectivity index is 2.03. The molecule has 0 aliphatic rings. The molecular formula is C16H16N2O4. The number of nitro groups is 1. The maximum absolute atomic E-state index is 12.1. The first-order chi connectivity index (χ1) is 10.5. The fourth-order valence-electron chi connectivity index (χ4n) is 2.04. The topological polar surface area (TPSA) is 92.5 Å². The quantitative estimate of drug-likeness (QED) is 0.655. The standard InChI is InChI=1S/C16H16N2O4/c1-11(15(19)12-5-3-2-4-6-12)17-16(20)13-7-9-14(10-8-13)18(21)22/h2-11,15,19H,1H3,(H,17,20)/t11-,15+/m0/s1. The summed E-state index contributed by atoms with van der Waals surface area (Å²) in [6.45, 7) is 1.70. The molecule has 114 valence electrons. The molecule has 0 saturated carbocycles. The van der Waals surface area contributed by atoms with Gasteiger partial charge in [0.15, 0.2) is 0 Å². The van der Waals surface area contributed by atoms with Crippen LogP contribution in [0.3, 0.4) is 0 Å². The smallest absolute Gasteiger partial charge is 0.269 e. The van der Waals surface area contributed by atoms with E-state index in [9.17, 15) is 20.0 Å². The van der Waals surface area contributed by atoms with Crippen LogP contribution in [-0.2, 0) is 0 Å². The van der Waals surface area contributed by atoms with Gasteiger partial charge in [0.2, 0.25) is 0 Å². The van der Waals surface area contributed by atoms with Crippen molar-refractivity contribution in [3.63, 3.8) is 0 Å². The van der Waals surface area contributed by atoms with Crippen LogP contribution >= 0.6 is 0 Å². The molecule has 2 N–H and O–H groups in total. The van der Waals surface area contributed by atoms with Gasteiger partial charge in [-0.1, -0.05) is 30.3 Å². The zero-order valence-electron chi connectivity index (χ0n) is 12.0. The lowest BCUT2D eigenvalue weighted by Gasteiger charge is -2.20. The molecule has 0 fully saturated rings. The normalized spacial score (nSPS) is 13.2. The minimum atomic E-state index is -0.830. The van der Waals surface area contributed by atoms with E-state index in [0.29, 0.717) is 11.1 Å². The van der Waals surface area contributed by atoms with Gasteiger partial charge in [0.1, 0.15) is 0 Å². The number of aliphatic hydroxyl groups excluding tert-OH is 1. The molecule has 1 amide bonds. The zero-order valence-corrected chi connectivity index (χ0v) is 12.0. The Bertz CT molecular complexity index is 656. The first-order valence-corrected chi connectivity index (χ1v) is 6.77. The van der Waals surface area contributed by atoms with Crippen LogP contribution in [0.4, 0.5) is 5.69 Å². The molecule has 2 atom stereocenters. The molecular weight excluding hydrogens is 284 g/mol. The molecule has 0 radical (unpaired) electrons. The van der Waals surface area contributed by atoms with E-state index in [-0.39, 0.29) is 5.69 Å². The number of aliphatic hydroxyl groups is 1. The van der Waals surface area contributed by atoms with Crippen LogP contribution in [0, 0.1) is 10.1 Å². The Hall–Kier alpha value is -2.73. The van der Waals surface area contributed by atoms with Crippen molar-refractivity contribution in [2.24, 2.45) is 0 Å². The van der Waals surface area contributed by atoms with E-state index in [1.807, 2.05) is 18.2 Å². The molecule has 0 heterocycles. The van der Waals surface area contributed by atoms with Crippen molar-refractivity contribution in [2.75, 3.05) is 0 Å². The lowest BCUT2D eigenvalue weighted by atomic mass is 10.0. The van der Waals surface area contributed by atoms with Gasteiger partial charge < -0.3 is 10.4 Å². The predicted molar refractivity (Wildman–Crippen MR) is 81.4 cm³/mol. The number of hydrogen-bond donors (Lipinski definition) is 2. The number of rotatable bonds is 5. The van der Waals surface area contributed by atoms with Crippen molar-refractivity contribution in [2.45, 2.75) is 19.1 Å². The molecule has 0 aliphatic heterocycles. The van der Waals surface area contributed by atoms with Gasteiger partial charge in [-0.15, -0.1) is 0 Å². The molecule has 2 rings (SSSR count). The van der Waals surface area contributed by atoms with Crippen LogP contribution < -0.4 is 5.32 Å². The second-order valence-electron chi connectivity index (χ2n) is 4.92. The largest absolute Gasteiger partial charge is 0.386 e. The predicted octanol–water partition coefficient (Wildman–Crippen LogP) is 2.45. The highest BCUT2D eigenvalue weighted by Gasteiger charge is 2.19. The van der Waals surface area contributed by atoms with Gasteiger partial charge >= 0.3 is 0 Å². The first kappa shape index (κ1) is 15.7. The molecule has 22 heavy (non-hydrogen) atoms. The molecule has 6 heteroatoms. The van der Waals surface area contributed by atoms with Gasteiger partial charge in [0.05, 0.1) is 17.1 Å². The number of non-ortho nitro benzene ring substituents is 1. The average Bonchev–Trinajstić information content (AvgIpc) is 2.54. The van der Waals surface area contributed by atoms with Crippen LogP contribution in [0.15, 0.2) is 54.6 Å². The molecule has 0 aromatic heterocycles. The average molecular weight is 300 g/mol. The van der Waals surface area contributed by atoms with E-state index in [2.05, 4.69) is 5.32 Å². The number of carbonyl (C=O) groups is 1. The maximum atomic E-state index is 12.1. The summed E-state index contributed by atoms with van der Waals surface area (Å²) < 4.78 is 0. The van der Waals surface area contributed by atoms with Gasteiger partial charge in [0.25, 0.3) is 11.6 Å². The number of hydrogen-bond acceptors (Lipinski definition) is 4. The number of amides is 1. The van der Waals surface area contributed by atoms with E-state index in [1.54, 1.807) is 19.1 Å². The maximum Gasteiger partial charge on any atom is 0.269 e. The summed E-state index contributed by atoms with van der Waals surface area (Å²) >= 11 is 0. The summed E-state index contributed by atoms with van der Waals surface area (Å²) in [5, 5.41) is 23.5. The highest BCUT2D eigenvalue weighted by molar-refractivity contribution is 5.94. The molecule has 0 saturated heterocycles. The fraction of sp³-hybridized carbons (Fsp3) is 0.188. The van der Waals surface area contributed by atoms with Crippen molar-refractivity contribution < 1.29 is 14.8 Å². The minimum Gasteiger partial charge on any atom is -0.386 e. The van der Waals surface area contributed by atoms with Crippen LogP contribution in [0.2, 0.25) is 0 Å². The lowest BCUT2D eigenvalue weighted by Crippen LogP contribution is -2.37. The molecule has 0 unspecified atom stereocenters. The van der Waals surface area contributed by atoms with Gasteiger partial charge in [-0.25, -0.2) is 0 Å². The Labute approximate surface area is 127 Å². The highest BCUT2D eigenvalue weighted by Crippen LogP contribution is 2.17. The number of carbonyl (C=O) groups excluding carboxylic acids is 1. The second-order valence-corrected chi connectivity index (χ2v) is 4.92. The van der Waals surface area contributed by atoms with E-state index in [1.165, 1.54) is 24.3 Å². The number of nitrogens with one attached hydrogen (secondary N) is 1. The summed E-state index contributed by atoms with van der Waals surface area (Å²) in [6, 6.07) is 13.8. The fourth-order valence-corrected chi connectivity index (χ4v) is 2.04. The van der Waals surface area contributed by atoms with Crippen molar-refractivity contribution in [1.29, 1.82) is 0 Å². The minimum absolute atomic E-state index is 0.0751. The summed E-state index contributed by atoms with van der Waals surface area (Å²) in [5.74, 6) is -0.391. The van der Waals surface area contributed by atoms with Gasteiger partial charge in [0, 0.05) is 17.7 Å². The Morgan fingerprint density at radius 3 is 2.27 bits per heavy atom. The summed E-state index contributed by atoms with van der Waals surface area (Å²) in [6.07, 6.45) is -0.830. The molecule has 2 aromatic carbocycles. The highest BCUT2D eigenvalue weighted by atomic mass is 16.6. The molecule has 6 nitrogen and oxygen atoms in total. The monoisotopic (exact) mass is 300 g/mol. The molecule has 0 aliphatic carbocycles. The third-order valence-electron chi connectivity index (χ3n) is 3.31. The number of nitro benzene ring substituents is 1. The van der Waals surface area contributed by atoms with E-state index in [0.717, 1.165) is 0 Å². The first-order valence-electron chi connectivity index (χ1n) is 6.77. The Morgan fingerprint density at radius 2 is 1.73 bits per heavy atom. The molecule has 0 bridgehead atoms. The van der Waals surface area contributed by atoms with E-state index in [4.69, 9.17) is 0 Å².